The third-order valence-corrected chi connectivity index (χ3v) is 2.84. The Labute approximate surface area is 82.7 Å². The van der Waals surface area contributed by atoms with Gasteiger partial charge in [0.2, 0.25) is 0 Å². The highest BCUT2D eigenvalue weighted by atomic mass is 35.7. The van der Waals surface area contributed by atoms with Crippen LogP contribution in [0, 0.1) is 5.82 Å². The molecule has 0 aliphatic heterocycles. The Kier molecular flexibility index (Phi) is 3.06. The first-order chi connectivity index (χ1) is 6.32. The first-order valence-corrected chi connectivity index (χ1v) is 5.65. The van der Waals surface area contributed by atoms with Crippen LogP contribution >= 0.6 is 10.7 Å². The maximum Gasteiger partial charge on any atom is 0.266 e. The van der Waals surface area contributed by atoms with Crippen molar-refractivity contribution >= 4 is 19.7 Å². The average Bonchev–Trinajstić information content (AvgIpc) is 2.01. The summed E-state index contributed by atoms with van der Waals surface area (Å²) >= 11 is 0. The molecule has 0 saturated carbocycles. The SMILES string of the molecule is O=S(=O)(Cl)c1ccc(C(F)F)c(F)c1. The molecule has 14 heavy (non-hydrogen) atoms. The lowest BCUT2D eigenvalue weighted by atomic mass is 10.2. The molecule has 1 rings (SSSR count). The number of halogens is 4. The highest BCUT2D eigenvalue weighted by Crippen LogP contribution is 2.25. The van der Waals surface area contributed by atoms with Gasteiger partial charge in [-0.05, 0) is 18.2 Å². The number of benzene rings is 1. The van der Waals surface area contributed by atoms with Crippen molar-refractivity contribution in [1.29, 1.82) is 0 Å². The number of hydrogen-bond acceptors (Lipinski definition) is 2. The predicted molar refractivity (Wildman–Crippen MR) is 44.4 cm³/mol. The summed E-state index contributed by atoms with van der Waals surface area (Å²) in [5, 5.41) is 0. The van der Waals surface area contributed by atoms with Crippen molar-refractivity contribution in [2.45, 2.75) is 11.3 Å². The van der Waals surface area contributed by atoms with Crippen LogP contribution in [0.3, 0.4) is 0 Å². The van der Waals surface area contributed by atoms with Crippen LogP contribution in [0.5, 0.6) is 0 Å². The molecule has 0 fully saturated rings. The van der Waals surface area contributed by atoms with Gasteiger partial charge in [0.1, 0.15) is 5.82 Å². The maximum atomic E-state index is 12.8. The third-order valence-electron chi connectivity index (χ3n) is 1.49. The normalized spacial score (nSPS) is 12.1. The fraction of sp³-hybridized carbons (Fsp3) is 0.143. The van der Waals surface area contributed by atoms with Gasteiger partial charge in [-0.1, -0.05) is 0 Å². The monoisotopic (exact) mass is 244 g/mol. The van der Waals surface area contributed by atoms with Crippen molar-refractivity contribution in [2.75, 3.05) is 0 Å². The van der Waals surface area contributed by atoms with Crippen molar-refractivity contribution in [1.82, 2.24) is 0 Å². The molecule has 0 atom stereocenters. The molecule has 1 aromatic carbocycles. The van der Waals surface area contributed by atoms with E-state index in [4.69, 9.17) is 10.7 Å². The van der Waals surface area contributed by atoms with Crippen LogP contribution in [0.15, 0.2) is 23.1 Å². The highest BCUT2D eigenvalue weighted by Gasteiger charge is 2.17. The largest absolute Gasteiger partial charge is 0.266 e. The van der Waals surface area contributed by atoms with Crippen molar-refractivity contribution in [3.63, 3.8) is 0 Å². The van der Waals surface area contributed by atoms with Gasteiger partial charge in [-0.3, -0.25) is 0 Å². The lowest BCUT2D eigenvalue weighted by molar-refractivity contribution is 0.146. The summed E-state index contributed by atoms with van der Waals surface area (Å²) < 4.78 is 58.3. The van der Waals surface area contributed by atoms with Gasteiger partial charge in [0.25, 0.3) is 15.5 Å². The Morgan fingerprint density at radius 3 is 2.21 bits per heavy atom. The van der Waals surface area contributed by atoms with Crippen molar-refractivity contribution in [2.24, 2.45) is 0 Å². The second kappa shape index (κ2) is 3.78. The van der Waals surface area contributed by atoms with Crippen LogP contribution in [-0.2, 0) is 9.05 Å². The van der Waals surface area contributed by atoms with E-state index in [1.54, 1.807) is 0 Å². The van der Waals surface area contributed by atoms with Crippen LogP contribution in [0.2, 0.25) is 0 Å². The van der Waals surface area contributed by atoms with Gasteiger partial charge >= 0.3 is 0 Å². The molecule has 0 bridgehead atoms. The minimum Gasteiger partial charge on any atom is -0.207 e. The summed E-state index contributed by atoms with van der Waals surface area (Å²) in [4.78, 5) is -0.541. The summed E-state index contributed by atoms with van der Waals surface area (Å²) in [6, 6.07) is 1.98. The van der Waals surface area contributed by atoms with Crippen LogP contribution in [0.25, 0.3) is 0 Å². The molecule has 2 nitrogen and oxygen atoms in total. The molecule has 1 aromatic rings. The molecule has 0 heterocycles. The Balaban J connectivity index is 3.27. The number of alkyl halides is 2. The van der Waals surface area contributed by atoms with Gasteiger partial charge in [0.05, 0.1) is 10.5 Å². The first kappa shape index (κ1) is 11.3. The topological polar surface area (TPSA) is 34.1 Å². The van der Waals surface area contributed by atoms with Gasteiger partial charge < -0.3 is 0 Å². The third kappa shape index (κ3) is 2.39. The molecule has 0 saturated heterocycles. The lowest BCUT2D eigenvalue weighted by Crippen LogP contribution is -1.96. The first-order valence-electron chi connectivity index (χ1n) is 3.34. The van der Waals surface area contributed by atoms with Crippen LogP contribution in [-0.4, -0.2) is 8.42 Å². The zero-order valence-electron chi connectivity index (χ0n) is 6.55. The quantitative estimate of drug-likeness (QED) is 0.750. The van der Waals surface area contributed by atoms with Gasteiger partial charge in [-0.2, -0.15) is 0 Å². The molecule has 0 spiro atoms. The summed E-state index contributed by atoms with van der Waals surface area (Å²) in [5.74, 6) is -1.29. The van der Waals surface area contributed by atoms with Crippen LogP contribution in [0.4, 0.5) is 13.2 Å². The molecule has 0 radical (unpaired) electrons. The van der Waals surface area contributed by atoms with Gasteiger partial charge in [0, 0.05) is 10.7 Å². The fourth-order valence-corrected chi connectivity index (χ4v) is 1.60. The highest BCUT2D eigenvalue weighted by molar-refractivity contribution is 8.13. The standard InChI is InChI=1S/C7H4ClF3O2S/c8-14(12,13)4-1-2-5(7(10)11)6(9)3-4/h1-3,7H. The Bertz CT molecular complexity index is 444. The van der Waals surface area contributed by atoms with E-state index >= 15 is 0 Å². The van der Waals surface area contributed by atoms with E-state index in [1.807, 2.05) is 0 Å². The minimum atomic E-state index is -4.08. The van der Waals surface area contributed by atoms with E-state index in [1.165, 1.54) is 0 Å². The second-order valence-corrected chi connectivity index (χ2v) is 4.99. The molecule has 0 unspecified atom stereocenters. The minimum absolute atomic E-state index is 0.462. The van der Waals surface area contributed by atoms with Crippen molar-refractivity contribution in [3.8, 4) is 0 Å². The summed E-state index contributed by atoms with van der Waals surface area (Å²) in [5.41, 5.74) is -0.853. The number of hydrogen-bond donors (Lipinski definition) is 0. The molecule has 78 valence electrons. The van der Waals surface area contributed by atoms with E-state index in [2.05, 4.69) is 0 Å². The average molecular weight is 245 g/mol. The van der Waals surface area contributed by atoms with E-state index in [-0.39, 0.29) is 0 Å². The predicted octanol–water partition coefficient (Wildman–Crippen LogP) is 2.69. The second-order valence-electron chi connectivity index (χ2n) is 2.42. The van der Waals surface area contributed by atoms with E-state index in [9.17, 15) is 21.6 Å². The van der Waals surface area contributed by atoms with Crippen LogP contribution < -0.4 is 0 Å². The summed E-state index contributed by atoms with van der Waals surface area (Å²) in [6.07, 6.45) is -2.98. The zero-order chi connectivity index (χ0) is 10.9. The lowest BCUT2D eigenvalue weighted by Gasteiger charge is -2.02. The molecule has 0 aromatic heterocycles. The number of rotatable bonds is 2. The maximum absolute atomic E-state index is 12.8. The Morgan fingerprint density at radius 1 is 1.29 bits per heavy atom. The van der Waals surface area contributed by atoms with Gasteiger partial charge in [0.15, 0.2) is 0 Å². The molecule has 0 N–H and O–H groups in total. The van der Waals surface area contributed by atoms with E-state index < -0.39 is 31.8 Å². The van der Waals surface area contributed by atoms with Gasteiger partial charge in [-0.15, -0.1) is 0 Å². The molecule has 7 heteroatoms. The van der Waals surface area contributed by atoms with Crippen molar-refractivity contribution in [3.05, 3.63) is 29.6 Å². The van der Waals surface area contributed by atoms with E-state index in [0.717, 1.165) is 6.07 Å². The zero-order valence-corrected chi connectivity index (χ0v) is 8.12. The Hall–Kier alpha value is -0.750. The molecule has 0 aliphatic carbocycles. The van der Waals surface area contributed by atoms with E-state index in [0.29, 0.717) is 12.1 Å². The van der Waals surface area contributed by atoms with Crippen LogP contribution in [0.1, 0.15) is 12.0 Å². The Morgan fingerprint density at radius 2 is 1.86 bits per heavy atom. The molecular formula is C7H4ClF3O2S. The molecule has 0 aliphatic rings. The summed E-state index contributed by atoms with van der Waals surface area (Å²) in [7, 11) is 0.800. The fourth-order valence-electron chi connectivity index (χ4n) is 0.836. The summed E-state index contributed by atoms with van der Waals surface area (Å²) in [6.45, 7) is 0. The van der Waals surface area contributed by atoms with Crippen molar-refractivity contribution < 1.29 is 21.6 Å². The smallest absolute Gasteiger partial charge is 0.207 e. The molecule has 0 amide bonds. The molecular weight excluding hydrogens is 241 g/mol. The van der Waals surface area contributed by atoms with Gasteiger partial charge in [-0.25, -0.2) is 21.6 Å².